The van der Waals surface area contributed by atoms with Gasteiger partial charge in [0.2, 0.25) is 0 Å². The van der Waals surface area contributed by atoms with Gasteiger partial charge in [-0.3, -0.25) is 9.48 Å². The van der Waals surface area contributed by atoms with E-state index >= 15 is 0 Å². The van der Waals surface area contributed by atoms with E-state index in [9.17, 15) is 4.79 Å². The van der Waals surface area contributed by atoms with Gasteiger partial charge in [-0.25, -0.2) is 4.98 Å². The zero-order valence-electron chi connectivity index (χ0n) is 12.0. The van der Waals surface area contributed by atoms with Crippen molar-refractivity contribution < 1.29 is 9.90 Å². The van der Waals surface area contributed by atoms with Crippen LogP contribution >= 0.6 is 0 Å². The van der Waals surface area contributed by atoms with Gasteiger partial charge >= 0.3 is 5.97 Å². The molecule has 0 bridgehead atoms. The summed E-state index contributed by atoms with van der Waals surface area (Å²) in [5, 5.41) is 13.6. The lowest BCUT2D eigenvalue weighted by atomic mass is 9.79. The smallest absolute Gasteiger partial charge is 0.303 e. The maximum Gasteiger partial charge on any atom is 0.303 e. The number of aliphatic carboxylic acids is 1. The van der Waals surface area contributed by atoms with Gasteiger partial charge in [-0.05, 0) is 18.3 Å². The van der Waals surface area contributed by atoms with E-state index in [1.165, 1.54) is 0 Å². The van der Waals surface area contributed by atoms with Crippen LogP contribution in [0.3, 0.4) is 0 Å². The summed E-state index contributed by atoms with van der Waals surface area (Å²) in [6.45, 7) is 4.14. The van der Waals surface area contributed by atoms with Gasteiger partial charge in [-0.15, -0.1) is 0 Å². The first kappa shape index (κ1) is 14.0. The number of rotatable bonds is 5. The highest BCUT2D eigenvalue weighted by Gasteiger charge is 2.37. The van der Waals surface area contributed by atoms with Crippen molar-refractivity contribution in [3.8, 4) is 0 Å². The molecular formula is C14H23N3O2. The summed E-state index contributed by atoms with van der Waals surface area (Å²) in [5.74, 6) is 1.37. The highest BCUT2D eigenvalue weighted by molar-refractivity contribution is 5.67. The molecule has 0 spiro atoms. The van der Waals surface area contributed by atoms with E-state index in [1.807, 2.05) is 11.7 Å². The summed E-state index contributed by atoms with van der Waals surface area (Å²) < 4.78 is 1.82. The molecular weight excluding hydrogens is 242 g/mol. The Balaban J connectivity index is 2.19. The molecule has 1 saturated carbocycles. The number of aryl methyl sites for hydroxylation is 1. The second-order valence-electron chi connectivity index (χ2n) is 6.12. The fraction of sp³-hybridized carbons (Fsp3) is 0.786. The SMILES string of the molecule is CC(C)c1nc(CC2(CC(=O)O)CCCC2)n(C)n1. The standard InChI is InChI=1S/C14H23N3O2/c1-10(2)13-15-11(17(3)16-13)8-14(9-12(18)19)6-4-5-7-14/h10H,4-9H2,1-3H3,(H,18,19). The third-order valence-corrected chi connectivity index (χ3v) is 4.11. The summed E-state index contributed by atoms with van der Waals surface area (Å²) in [5.41, 5.74) is -0.110. The third-order valence-electron chi connectivity index (χ3n) is 4.11. The van der Waals surface area contributed by atoms with E-state index in [0.29, 0.717) is 5.92 Å². The van der Waals surface area contributed by atoms with E-state index in [4.69, 9.17) is 5.11 Å². The summed E-state index contributed by atoms with van der Waals surface area (Å²) in [6, 6.07) is 0. The fourth-order valence-electron chi connectivity index (χ4n) is 3.03. The molecule has 5 nitrogen and oxygen atoms in total. The molecule has 1 aliphatic carbocycles. The summed E-state index contributed by atoms with van der Waals surface area (Å²) in [6.07, 6.45) is 5.21. The van der Waals surface area contributed by atoms with Crippen LogP contribution in [0.2, 0.25) is 0 Å². The molecule has 1 aromatic rings. The summed E-state index contributed by atoms with van der Waals surface area (Å²) in [7, 11) is 1.90. The molecule has 5 heteroatoms. The van der Waals surface area contributed by atoms with Gasteiger partial charge in [0.15, 0.2) is 5.82 Å². The zero-order valence-corrected chi connectivity index (χ0v) is 12.0. The Morgan fingerprint density at radius 1 is 1.42 bits per heavy atom. The number of aromatic nitrogens is 3. The molecule has 0 unspecified atom stereocenters. The van der Waals surface area contributed by atoms with Crippen LogP contribution in [0.15, 0.2) is 0 Å². The van der Waals surface area contributed by atoms with Crippen molar-refractivity contribution in [1.82, 2.24) is 14.8 Å². The molecule has 0 aliphatic heterocycles. The summed E-state index contributed by atoms with van der Waals surface area (Å²) in [4.78, 5) is 15.7. The number of carboxylic acid groups (broad SMARTS) is 1. The quantitative estimate of drug-likeness (QED) is 0.888. The molecule has 2 rings (SSSR count). The molecule has 1 N–H and O–H groups in total. The largest absolute Gasteiger partial charge is 0.481 e. The molecule has 106 valence electrons. The molecule has 0 radical (unpaired) electrons. The number of nitrogens with zero attached hydrogens (tertiary/aromatic N) is 3. The lowest BCUT2D eigenvalue weighted by Gasteiger charge is -2.26. The Kier molecular flexibility index (Phi) is 3.92. The Labute approximate surface area is 114 Å². The van der Waals surface area contributed by atoms with E-state index in [2.05, 4.69) is 23.9 Å². The summed E-state index contributed by atoms with van der Waals surface area (Å²) >= 11 is 0. The van der Waals surface area contributed by atoms with Crippen LogP contribution < -0.4 is 0 Å². The van der Waals surface area contributed by atoms with Crippen molar-refractivity contribution in [1.29, 1.82) is 0 Å². The topological polar surface area (TPSA) is 68.0 Å². The molecule has 1 aliphatic rings. The predicted octanol–water partition coefficient (Wildman–Crippen LogP) is 2.52. The van der Waals surface area contributed by atoms with Crippen molar-refractivity contribution in [2.75, 3.05) is 0 Å². The van der Waals surface area contributed by atoms with Gasteiger partial charge < -0.3 is 5.11 Å². The monoisotopic (exact) mass is 265 g/mol. The van der Waals surface area contributed by atoms with E-state index < -0.39 is 5.97 Å². The van der Waals surface area contributed by atoms with Gasteiger partial charge in [0.05, 0.1) is 6.42 Å². The number of carboxylic acids is 1. The average Bonchev–Trinajstić information content (AvgIpc) is 2.87. The Morgan fingerprint density at radius 2 is 2.05 bits per heavy atom. The molecule has 1 fully saturated rings. The molecule has 0 amide bonds. The number of hydrogen-bond acceptors (Lipinski definition) is 3. The van der Waals surface area contributed by atoms with Crippen LogP contribution in [0.5, 0.6) is 0 Å². The second kappa shape index (κ2) is 5.31. The first-order chi connectivity index (χ1) is 8.92. The minimum Gasteiger partial charge on any atom is -0.481 e. The predicted molar refractivity (Wildman–Crippen MR) is 71.9 cm³/mol. The zero-order chi connectivity index (χ0) is 14.0. The molecule has 1 aromatic heterocycles. The minimum absolute atomic E-state index is 0.110. The molecule has 0 atom stereocenters. The van der Waals surface area contributed by atoms with Gasteiger partial charge in [0.25, 0.3) is 0 Å². The van der Waals surface area contributed by atoms with E-state index in [0.717, 1.165) is 43.8 Å². The second-order valence-corrected chi connectivity index (χ2v) is 6.12. The van der Waals surface area contributed by atoms with Crippen LogP contribution in [-0.2, 0) is 18.3 Å². The Bertz CT molecular complexity index is 459. The average molecular weight is 265 g/mol. The maximum absolute atomic E-state index is 11.1. The third kappa shape index (κ3) is 3.14. The minimum atomic E-state index is -0.701. The Hall–Kier alpha value is -1.39. The maximum atomic E-state index is 11.1. The fourth-order valence-corrected chi connectivity index (χ4v) is 3.03. The van der Waals surface area contributed by atoms with E-state index in [1.54, 1.807) is 0 Å². The highest BCUT2D eigenvalue weighted by Crippen LogP contribution is 2.43. The van der Waals surface area contributed by atoms with Crippen molar-refractivity contribution in [2.45, 2.75) is 58.3 Å². The van der Waals surface area contributed by atoms with Crippen molar-refractivity contribution >= 4 is 5.97 Å². The lowest BCUT2D eigenvalue weighted by molar-refractivity contribution is -0.139. The van der Waals surface area contributed by atoms with Crippen LogP contribution in [0.1, 0.15) is 63.5 Å². The molecule has 0 aromatic carbocycles. The van der Waals surface area contributed by atoms with Crippen molar-refractivity contribution in [2.24, 2.45) is 12.5 Å². The highest BCUT2D eigenvalue weighted by atomic mass is 16.4. The Morgan fingerprint density at radius 3 is 2.53 bits per heavy atom. The van der Waals surface area contributed by atoms with Gasteiger partial charge in [-0.1, -0.05) is 26.7 Å². The van der Waals surface area contributed by atoms with Crippen LogP contribution in [-0.4, -0.2) is 25.8 Å². The van der Waals surface area contributed by atoms with E-state index in [-0.39, 0.29) is 11.8 Å². The lowest BCUT2D eigenvalue weighted by Crippen LogP contribution is -2.25. The van der Waals surface area contributed by atoms with Crippen molar-refractivity contribution in [3.05, 3.63) is 11.6 Å². The van der Waals surface area contributed by atoms with Gasteiger partial charge in [-0.2, -0.15) is 5.10 Å². The van der Waals surface area contributed by atoms with Crippen LogP contribution in [0, 0.1) is 5.41 Å². The first-order valence-corrected chi connectivity index (χ1v) is 7.03. The molecule has 19 heavy (non-hydrogen) atoms. The van der Waals surface area contributed by atoms with Gasteiger partial charge in [0, 0.05) is 19.4 Å². The molecule has 0 saturated heterocycles. The van der Waals surface area contributed by atoms with Crippen LogP contribution in [0.25, 0.3) is 0 Å². The number of carbonyl (C=O) groups is 1. The first-order valence-electron chi connectivity index (χ1n) is 7.03. The van der Waals surface area contributed by atoms with Gasteiger partial charge in [0.1, 0.15) is 5.82 Å². The van der Waals surface area contributed by atoms with Crippen LogP contribution in [0.4, 0.5) is 0 Å². The number of hydrogen-bond donors (Lipinski definition) is 1. The van der Waals surface area contributed by atoms with Crippen molar-refractivity contribution in [3.63, 3.8) is 0 Å². The molecule has 1 heterocycles. The normalized spacial score (nSPS) is 18.1.